The van der Waals surface area contributed by atoms with Crippen LogP contribution in [0.2, 0.25) is 5.15 Å². The van der Waals surface area contributed by atoms with Gasteiger partial charge in [0, 0.05) is 13.1 Å². The van der Waals surface area contributed by atoms with Gasteiger partial charge in [-0.3, -0.25) is 0 Å². The molecule has 1 N–H and O–H groups in total. The minimum absolute atomic E-state index is 0.0962. The molecule has 2 unspecified atom stereocenters. The van der Waals surface area contributed by atoms with Crippen LogP contribution in [-0.4, -0.2) is 29.3 Å². The Bertz CT molecular complexity index is 403. The van der Waals surface area contributed by atoms with E-state index in [0.717, 1.165) is 0 Å². The first-order valence-electron chi connectivity index (χ1n) is 5.74. The van der Waals surface area contributed by atoms with Gasteiger partial charge in [0.05, 0.1) is 6.10 Å². The molecule has 5 heteroatoms. The van der Waals surface area contributed by atoms with Crippen LogP contribution in [0.1, 0.15) is 13.8 Å². The normalized spacial score (nSPS) is 29.5. The van der Waals surface area contributed by atoms with Crippen LogP contribution in [0.25, 0.3) is 0 Å². The summed E-state index contributed by atoms with van der Waals surface area (Å²) in [5.74, 6) is 0.103. The summed E-state index contributed by atoms with van der Waals surface area (Å²) in [7, 11) is 0. The lowest BCUT2D eigenvalue weighted by atomic mass is 9.88. The second-order valence-electron chi connectivity index (χ2n) is 4.79. The van der Waals surface area contributed by atoms with E-state index in [9.17, 15) is 9.50 Å². The lowest BCUT2D eigenvalue weighted by molar-refractivity contribution is 0.0525. The summed E-state index contributed by atoms with van der Waals surface area (Å²) in [4.78, 5) is 5.88. The van der Waals surface area contributed by atoms with Crippen molar-refractivity contribution in [1.29, 1.82) is 0 Å². The van der Waals surface area contributed by atoms with Gasteiger partial charge in [-0.1, -0.05) is 25.4 Å². The molecule has 1 aromatic heterocycles. The number of piperidine rings is 1. The average Bonchev–Trinajstić information content (AvgIpc) is 2.28. The summed E-state index contributed by atoms with van der Waals surface area (Å²) in [6.07, 6.45) is -0.339. The molecule has 0 amide bonds. The van der Waals surface area contributed by atoms with E-state index in [1.165, 1.54) is 12.1 Å². The van der Waals surface area contributed by atoms with E-state index >= 15 is 0 Å². The smallest absolute Gasteiger partial charge is 0.166 e. The number of nitrogens with zero attached hydrogens (tertiary/aromatic N) is 2. The fourth-order valence-corrected chi connectivity index (χ4v) is 2.49. The maximum atomic E-state index is 13.7. The Labute approximate surface area is 105 Å². The third-order valence-corrected chi connectivity index (χ3v) is 3.49. The van der Waals surface area contributed by atoms with Crippen molar-refractivity contribution in [3.8, 4) is 0 Å². The zero-order valence-electron chi connectivity index (χ0n) is 9.90. The van der Waals surface area contributed by atoms with Gasteiger partial charge in [0.25, 0.3) is 0 Å². The first kappa shape index (κ1) is 12.6. The third kappa shape index (κ3) is 2.53. The molecule has 1 fully saturated rings. The van der Waals surface area contributed by atoms with Crippen LogP contribution in [-0.2, 0) is 0 Å². The van der Waals surface area contributed by atoms with Gasteiger partial charge in [-0.05, 0) is 24.0 Å². The van der Waals surface area contributed by atoms with Crippen molar-refractivity contribution in [3.63, 3.8) is 0 Å². The number of halogens is 2. The van der Waals surface area contributed by atoms with Crippen LogP contribution >= 0.6 is 11.6 Å². The van der Waals surface area contributed by atoms with Crippen LogP contribution in [0.3, 0.4) is 0 Å². The summed E-state index contributed by atoms with van der Waals surface area (Å²) >= 11 is 5.78. The van der Waals surface area contributed by atoms with Gasteiger partial charge in [-0.25, -0.2) is 9.37 Å². The molecule has 1 aromatic rings. The number of aromatic nitrogens is 1. The first-order valence-corrected chi connectivity index (χ1v) is 6.12. The molecule has 0 saturated carbocycles. The minimum Gasteiger partial charge on any atom is -0.392 e. The van der Waals surface area contributed by atoms with Crippen LogP contribution in [0.15, 0.2) is 12.1 Å². The Kier molecular flexibility index (Phi) is 3.54. The second kappa shape index (κ2) is 4.78. The van der Waals surface area contributed by atoms with Crippen LogP contribution in [0.5, 0.6) is 0 Å². The number of rotatable bonds is 1. The summed E-state index contributed by atoms with van der Waals surface area (Å²) < 4.78 is 13.7. The topological polar surface area (TPSA) is 36.4 Å². The van der Waals surface area contributed by atoms with E-state index in [-0.39, 0.29) is 34.7 Å². The maximum absolute atomic E-state index is 13.7. The van der Waals surface area contributed by atoms with E-state index in [1.807, 2.05) is 18.7 Å². The molecule has 0 aliphatic carbocycles. The summed E-state index contributed by atoms with van der Waals surface area (Å²) in [5.41, 5.74) is 0. The van der Waals surface area contributed by atoms with Gasteiger partial charge >= 0.3 is 0 Å². The standard InChI is InChI=1S/C12H16ClFN2O/c1-7-5-16(6-8(2)11(7)17)12-9(14)3-4-10(13)15-12/h3-4,7-8,11,17H,5-6H2,1-2H3. The molecule has 2 atom stereocenters. The SMILES string of the molecule is CC1CN(c2nc(Cl)ccc2F)CC(C)C1O. The van der Waals surface area contributed by atoms with Crippen LogP contribution < -0.4 is 4.90 Å². The lowest BCUT2D eigenvalue weighted by Gasteiger charge is -2.39. The highest BCUT2D eigenvalue weighted by molar-refractivity contribution is 6.29. The van der Waals surface area contributed by atoms with Gasteiger partial charge in [0.1, 0.15) is 5.15 Å². The van der Waals surface area contributed by atoms with Crippen LogP contribution in [0, 0.1) is 17.7 Å². The summed E-state index contributed by atoms with van der Waals surface area (Å²) in [6, 6.07) is 2.76. The van der Waals surface area contributed by atoms with Gasteiger partial charge in [0.15, 0.2) is 11.6 Å². The van der Waals surface area contributed by atoms with E-state index in [1.54, 1.807) is 0 Å². The lowest BCUT2D eigenvalue weighted by Crippen LogP contribution is -2.48. The Morgan fingerprint density at radius 3 is 2.53 bits per heavy atom. The molecule has 0 aromatic carbocycles. The molecular weight excluding hydrogens is 243 g/mol. The third-order valence-electron chi connectivity index (χ3n) is 3.28. The largest absolute Gasteiger partial charge is 0.392 e. The molecule has 1 aliphatic rings. The molecule has 3 nitrogen and oxygen atoms in total. The van der Waals surface area contributed by atoms with Crippen molar-refractivity contribution < 1.29 is 9.50 Å². The van der Waals surface area contributed by atoms with Crippen molar-refractivity contribution >= 4 is 17.4 Å². The van der Waals surface area contributed by atoms with Crippen molar-refractivity contribution in [2.75, 3.05) is 18.0 Å². The fourth-order valence-electron chi connectivity index (χ4n) is 2.35. The molecule has 0 bridgehead atoms. The first-order chi connectivity index (χ1) is 7.99. The van der Waals surface area contributed by atoms with Gasteiger partial charge < -0.3 is 10.0 Å². The zero-order valence-corrected chi connectivity index (χ0v) is 10.7. The number of aliphatic hydroxyl groups is 1. The molecule has 2 heterocycles. The summed E-state index contributed by atoms with van der Waals surface area (Å²) in [5, 5.41) is 10.2. The predicted octanol–water partition coefficient (Wildman–Crippen LogP) is 2.33. The molecule has 1 aliphatic heterocycles. The highest BCUT2D eigenvalue weighted by atomic mass is 35.5. The quantitative estimate of drug-likeness (QED) is 0.786. The highest BCUT2D eigenvalue weighted by Crippen LogP contribution is 2.28. The fraction of sp³-hybridized carbons (Fsp3) is 0.583. The molecular formula is C12H16ClFN2O. The van der Waals surface area contributed by atoms with E-state index < -0.39 is 0 Å². The summed E-state index contributed by atoms with van der Waals surface area (Å²) in [6.45, 7) is 5.09. The van der Waals surface area contributed by atoms with Gasteiger partial charge in [-0.15, -0.1) is 0 Å². The molecule has 17 heavy (non-hydrogen) atoms. The molecule has 94 valence electrons. The van der Waals surface area contributed by atoms with E-state index in [4.69, 9.17) is 11.6 Å². The van der Waals surface area contributed by atoms with E-state index in [2.05, 4.69) is 4.98 Å². The highest BCUT2D eigenvalue weighted by Gasteiger charge is 2.31. The van der Waals surface area contributed by atoms with Crippen molar-refractivity contribution in [3.05, 3.63) is 23.1 Å². The Morgan fingerprint density at radius 1 is 1.35 bits per heavy atom. The predicted molar refractivity (Wildman–Crippen MR) is 65.8 cm³/mol. The van der Waals surface area contributed by atoms with Crippen molar-refractivity contribution in [2.45, 2.75) is 20.0 Å². The second-order valence-corrected chi connectivity index (χ2v) is 5.18. The number of anilines is 1. The Morgan fingerprint density at radius 2 is 1.94 bits per heavy atom. The molecule has 0 spiro atoms. The average molecular weight is 259 g/mol. The van der Waals surface area contributed by atoms with Gasteiger partial charge in [0.2, 0.25) is 0 Å². The molecule has 0 radical (unpaired) electrons. The van der Waals surface area contributed by atoms with Crippen molar-refractivity contribution in [2.24, 2.45) is 11.8 Å². The number of pyridine rings is 1. The maximum Gasteiger partial charge on any atom is 0.166 e. The number of hydrogen-bond acceptors (Lipinski definition) is 3. The van der Waals surface area contributed by atoms with E-state index in [0.29, 0.717) is 13.1 Å². The number of aliphatic hydroxyl groups excluding tert-OH is 1. The zero-order chi connectivity index (χ0) is 12.6. The molecule has 1 saturated heterocycles. The van der Waals surface area contributed by atoms with Gasteiger partial charge in [-0.2, -0.15) is 0 Å². The van der Waals surface area contributed by atoms with Crippen LogP contribution in [0.4, 0.5) is 10.2 Å². The molecule has 2 rings (SSSR count). The number of hydrogen-bond donors (Lipinski definition) is 1. The minimum atomic E-state index is -0.370. The Hall–Kier alpha value is -0.870. The van der Waals surface area contributed by atoms with Crippen molar-refractivity contribution in [1.82, 2.24) is 4.98 Å². The Balaban J connectivity index is 2.25. The monoisotopic (exact) mass is 258 g/mol.